The van der Waals surface area contributed by atoms with Crippen LogP contribution in [0.3, 0.4) is 0 Å². The number of benzene rings is 2. The van der Waals surface area contributed by atoms with Crippen LogP contribution in [0, 0.1) is 25.7 Å². The molecule has 4 aliphatic rings. The summed E-state index contributed by atoms with van der Waals surface area (Å²) in [6.45, 7) is 13.7. The topological polar surface area (TPSA) is 50.1 Å². The summed E-state index contributed by atoms with van der Waals surface area (Å²) in [6.07, 6.45) is 18.0. The maximum Gasteiger partial charge on any atom is 0.0951 e. The van der Waals surface area contributed by atoms with Crippen molar-refractivity contribution in [1.82, 2.24) is 29.3 Å². The number of allylic oxidation sites excluding steroid dienone is 3. The quantitative estimate of drug-likeness (QED) is 0.171. The van der Waals surface area contributed by atoms with Gasteiger partial charge in [0, 0.05) is 46.5 Å². The molecule has 2 saturated heterocycles. The average molecular weight is 798 g/mol. The van der Waals surface area contributed by atoms with Gasteiger partial charge in [-0.3, -0.25) is 9.97 Å². The first-order valence-corrected chi connectivity index (χ1v) is 21.3. The van der Waals surface area contributed by atoms with Crippen molar-refractivity contribution in [2.75, 3.05) is 40.3 Å². The Balaban J connectivity index is 0.000000165. The molecule has 2 aliphatic heterocycles. The Kier molecular flexibility index (Phi) is 12.0. The Morgan fingerprint density at radius 3 is 1.75 bits per heavy atom. The molecule has 0 bridgehead atoms. The smallest absolute Gasteiger partial charge is 0.0951 e. The van der Waals surface area contributed by atoms with E-state index < -0.39 is 0 Å². The van der Waals surface area contributed by atoms with Crippen molar-refractivity contribution in [3.63, 3.8) is 0 Å². The van der Waals surface area contributed by atoms with E-state index in [9.17, 15) is 0 Å². The van der Waals surface area contributed by atoms with Crippen LogP contribution in [0.2, 0.25) is 10.0 Å². The third kappa shape index (κ3) is 8.33. The van der Waals surface area contributed by atoms with Crippen LogP contribution in [0.1, 0.15) is 100 Å². The minimum absolute atomic E-state index is 0.304. The number of likely N-dealkylation sites (tertiary alicyclic amines) is 2. The van der Waals surface area contributed by atoms with Crippen LogP contribution in [0.15, 0.2) is 92.0 Å². The maximum atomic E-state index is 6.54. The lowest BCUT2D eigenvalue weighted by molar-refractivity contribution is 0.206. The van der Waals surface area contributed by atoms with Gasteiger partial charge in [0.05, 0.1) is 23.4 Å². The van der Waals surface area contributed by atoms with Gasteiger partial charge < -0.3 is 14.4 Å². The lowest BCUT2D eigenvalue weighted by Crippen LogP contribution is -2.33. The molecule has 0 spiro atoms. The van der Waals surface area contributed by atoms with Gasteiger partial charge in [0.1, 0.15) is 0 Å². The Hall–Kier alpha value is -4.33. The van der Waals surface area contributed by atoms with Crippen molar-refractivity contribution in [3.05, 3.63) is 158 Å². The van der Waals surface area contributed by atoms with E-state index in [-0.39, 0.29) is 0 Å². The van der Waals surface area contributed by atoms with Gasteiger partial charge in [-0.05, 0) is 191 Å². The number of pyridine rings is 2. The molecule has 6 nitrogen and oxygen atoms in total. The van der Waals surface area contributed by atoms with E-state index in [1.807, 2.05) is 36.9 Å². The number of imidazole rings is 1. The van der Waals surface area contributed by atoms with Gasteiger partial charge in [0.2, 0.25) is 0 Å². The summed E-state index contributed by atoms with van der Waals surface area (Å²) in [5.41, 5.74) is 14.8. The zero-order valence-electron chi connectivity index (χ0n) is 33.8. The normalized spacial score (nSPS) is 20.0. The van der Waals surface area contributed by atoms with E-state index in [2.05, 4.69) is 115 Å². The minimum atomic E-state index is 0.304. The average Bonchev–Trinajstić information content (AvgIpc) is 3.38. The summed E-state index contributed by atoms with van der Waals surface area (Å²) in [5, 5.41) is 1.57. The molecule has 0 N–H and O–H groups in total. The first-order valence-electron chi connectivity index (χ1n) is 20.6. The second kappa shape index (κ2) is 17.3. The van der Waals surface area contributed by atoms with E-state index in [1.165, 1.54) is 81.7 Å². The standard InChI is InChI=1S/C27H31ClN4.C22H23ClN2/c1-18-19(2)32(17-30-18)14-10-21-15-22-5-4-11-29-27(22)26(20-8-12-31(3)13-9-20)24-7-6-23(28)16-25(21)24;1-3-15-13-17-5-4-10-24-22(17)21(16-8-11-25(2)12-9-16)19-7-6-18(23)14-20(15)19/h4-7,11,15-17,20,26H,8-10,12-14H2,1-3H3;3-7,10,13-14,16,21H,1,8-9,11-12H2,2H3. The summed E-state index contributed by atoms with van der Waals surface area (Å²) in [4.78, 5) is 19.1. The second-order valence-electron chi connectivity index (χ2n) is 16.5. The van der Waals surface area contributed by atoms with Crippen LogP contribution in [0.4, 0.5) is 0 Å². The molecule has 2 unspecified atom stereocenters. The zero-order chi connectivity index (χ0) is 39.6. The molecule has 8 heteroatoms. The van der Waals surface area contributed by atoms with Gasteiger partial charge in [-0.2, -0.15) is 0 Å². The number of piperidine rings is 2. The van der Waals surface area contributed by atoms with Crippen LogP contribution in [-0.4, -0.2) is 69.6 Å². The highest BCUT2D eigenvalue weighted by molar-refractivity contribution is 6.31. The molecule has 2 atom stereocenters. The number of nitrogens with zero attached hydrogens (tertiary/aromatic N) is 6. The van der Waals surface area contributed by atoms with Crippen LogP contribution in [0.25, 0.3) is 23.3 Å². The van der Waals surface area contributed by atoms with Crippen molar-refractivity contribution in [2.24, 2.45) is 11.8 Å². The summed E-state index contributed by atoms with van der Waals surface area (Å²) in [6, 6.07) is 21.2. The van der Waals surface area contributed by atoms with Gasteiger partial charge in [-0.1, -0.05) is 60.1 Å². The van der Waals surface area contributed by atoms with Crippen molar-refractivity contribution < 1.29 is 0 Å². The van der Waals surface area contributed by atoms with E-state index in [1.54, 1.807) is 0 Å². The van der Waals surface area contributed by atoms with Crippen molar-refractivity contribution in [3.8, 4) is 0 Å². The predicted molar refractivity (Wildman–Crippen MR) is 238 cm³/mol. The van der Waals surface area contributed by atoms with Crippen molar-refractivity contribution in [1.29, 1.82) is 0 Å². The third-order valence-electron chi connectivity index (χ3n) is 13.0. The maximum absolute atomic E-state index is 6.54. The number of hydrogen-bond donors (Lipinski definition) is 0. The highest BCUT2D eigenvalue weighted by atomic mass is 35.5. The minimum Gasteiger partial charge on any atom is -0.334 e. The second-order valence-corrected chi connectivity index (χ2v) is 17.4. The van der Waals surface area contributed by atoms with E-state index >= 15 is 0 Å². The van der Waals surface area contributed by atoms with Crippen LogP contribution in [-0.2, 0) is 6.54 Å². The molecule has 2 fully saturated rings. The fourth-order valence-corrected chi connectivity index (χ4v) is 9.97. The number of halogens is 2. The fourth-order valence-electron chi connectivity index (χ4n) is 9.62. The van der Waals surface area contributed by atoms with Crippen LogP contribution < -0.4 is 0 Å². The predicted octanol–water partition coefficient (Wildman–Crippen LogP) is 11.2. The van der Waals surface area contributed by atoms with E-state index in [0.717, 1.165) is 60.5 Å². The molecule has 9 rings (SSSR count). The molecule has 2 aliphatic carbocycles. The van der Waals surface area contributed by atoms with Crippen molar-refractivity contribution in [2.45, 2.75) is 64.3 Å². The van der Waals surface area contributed by atoms with Gasteiger partial charge in [-0.25, -0.2) is 4.98 Å². The fraction of sp³-hybridized carbons (Fsp3) is 0.367. The van der Waals surface area contributed by atoms with Gasteiger partial charge in [0.15, 0.2) is 0 Å². The summed E-state index contributed by atoms with van der Waals surface area (Å²) >= 11 is 12.9. The van der Waals surface area contributed by atoms with Crippen LogP contribution in [0.5, 0.6) is 0 Å². The molecule has 3 aromatic heterocycles. The van der Waals surface area contributed by atoms with Gasteiger partial charge >= 0.3 is 0 Å². The molecule has 0 amide bonds. The third-order valence-corrected chi connectivity index (χ3v) is 13.5. The first-order chi connectivity index (χ1) is 27.7. The highest BCUT2D eigenvalue weighted by Gasteiger charge is 2.35. The first kappa shape index (κ1) is 39.5. The zero-order valence-corrected chi connectivity index (χ0v) is 35.3. The molecule has 0 saturated carbocycles. The lowest BCUT2D eigenvalue weighted by atomic mass is 9.76. The monoisotopic (exact) mass is 796 g/mol. The molecule has 0 radical (unpaired) electrons. The van der Waals surface area contributed by atoms with Crippen molar-refractivity contribution >= 4 is 46.5 Å². The Morgan fingerprint density at radius 2 is 1.23 bits per heavy atom. The summed E-state index contributed by atoms with van der Waals surface area (Å²) < 4.78 is 2.25. The number of aryl methyl sites for hydroxylation is 2. The SMILES string of the molecule is C=CC1=Cc2cccnc2C(C2CCN(C)CC2)c2ccc(Cl)cc21.Cc1ncn(CCC2=Cc3cccnc3C(C3CCN(C)CC3)c3ccc(Cl)cc32)c1C. The van der Waals surface area contributed by atoms with Gasteiger partial charge in [0.25, 0.3) is 0 Å². The Morgan fingerprint density at radius 1 is 0.702 bits per heavy atom. The molecular formula is C49H54Cl2N6. The Bertz CT molecular complexity index is 2310. The Labute approximate surface area is 349 Å². The molecular weight excluding hydrogens is 743 g/mol. The molecule has 294 valence electrons. The largest absolute Gasteiger partial charge is 0.334 e. The molecule has 5 aromatic rings. The van der Waals surface area contributed by atoms with E-state index in [4.69, 9.17) is 33.2 Å². The number of rotatable bonds is 6. The number of fused-ring (bicyclic) bond motifs is 4. The summed E-state index contributed by atoms with van der Waals surface area (Å²) in [7, 11) is 4.43. The molecule has 2 aromatic carbocycles. The van der Waals surface area contributed by atoms with Crippen LogP contribution >= 0.6 is 23.2 Å². The van der Waals surface area contributed by atoms with Gasteiger partial charge in [-0.15, -0.1) is 0 Å². The van der Waals surface area contributed by atoms with E-state index in [0.29, 0.717) is 23.7 Å². The summed E-state index contributed by atoms with van der Waals surface area (Å²) in [5.74, 6) is 1.80. The lowest BCUT2D eigenvalue weighted by Gasteiger charge is -2.35. The molecule has 57 heavy (non-hydrogen) atoms. The number of aromatic nitrogens is 4. The molecule has 5 heterocycles. The number of hydrogen-bond acceptors (Lipinski definition) is 5. The highest BCUT2D eigenvalue weighted by Crippen LogP contribution is 2.47.